The molecule has 0 unspecified atom stereocenters. The minimum absolute atomic E-state index is 0.161. The molecule has 0 saturated carbocycles. The summed E-state index contributed by atoms with van der Waals surface area (Å²) in [5.74, 6) is 0.452. The molecule has 5 heteroatoms. The highest BCUT2D eigenvalue weighted by Crippen LogP contribution is 2.21. The third-order valence-corrected chi connectivity index (χ3v) is 3.62. The van der Waals surface area contributed by atoms with E-state index in [9.17, 15) is 9.18 Å². The predicted octanol–water partition coefficient (Wildman–Crippen LogP) is 4.75. The molecule has 0 saturated heterocycles. The molecule has 0 fully saturated rings. The summed E-state index contributed by atoms with van der Waals surface area (Å²) in [6.45, 7) is -0.0956. The number of likely N-dealkylation sites (N-methyl/N-ethyl adjacent to an activating group) is 1. The van der Waals surface area contributed by atoms with Crippen molar-refractivity contribution in [1.82, 2.24) is 0 Å². The van der Waals surface area contributed by atoms with Crippen LogP contribution in [0.4, 0.5) is 10.1 Å². The van der Waals surface area contributed by atoms with Crippen LogP contribution in [0.1, 0.15) is 12.0 Å². The third kappa shape index (κ3) is 5.39. The molecule has 3 nitrogen and oxygen atoms in total. The fourth-order valence-corrected chi connectivity index (χ4v) is 2.13. The van der Waals surface area contributed by atoms with Gasteiger partial charge in [0.05, 0.1) is 13.3 Å². The van der Waals surface area contributed by atoms with Crippen LogP contribution in [-0.4, -0.2) is 26.2 Å². The lowest BCUT2D eigenvalue weighted by Gasteiger charge is -2.16. The molecule has 0 aliphatic rings. The van der Waals surface area contributed by atoms with Crippen LogP contribution in [0.2, 0.25) is 5.02 Å². The fraction of sp³-hybridized carbons (Fsp3) is 0.211. The van der Waals surface area contributed by atoms with Gasteiger partial charge in [0.2, 0.25) is 0 Å². The van der Waals surface area contributed by atoms with Crippen LogP contribution >= 0.6 is 11.6 Å². The van der Waals surface area contributed by atoms with E-state index >= 15 is 0 Å². The average molecular weight is 347 g/mol. The van der Waals surface area contributed by atoms with Gasteiger partial charge in [0.15, 0.2) is 0 Å². The Balaban J connectivity index is 2.01. The zero-order chi connectivity index (χ0) is 17.4. The van der Waals surface area contributed by atoms with Crippen molar-refractivity contribution in [1.29, 1.82) is 0 Å². The van der Waals surface area contributed by atoms with Gasteiger partial charge in [0, 0.05) is 36.3 Å². The van der Waals surface area contributed by atoms with Crippen LogP contribution in [0.25, 0.3) is 6.08 Å². The van der Waals surface area contributed by atoms with Gasteiger partial charge in [-0.05, 0) is 35.9 Å². The van der Waals surface area contributed by atoms with Gasteiger partial charge < -0.3 is 9.64 Å². The Hall–Kier alpha value is -2.33. The topological polar surface area (TPSA) is 29.5 Å². The van der Waals surface area contributed by atoms with Crippen LogP contribution in [0.15, 0.2) is 54.6 Å². The summed E-state index contributed by atoms with van der Waals surface area (Å²) >= 11 is 5.83. The SMILES string of the molecule is CN(C(=O)/C=C/c1ccc(Cl)cc1)c1cccc(OCCC[18F])c1. The maximum absolute atomic E-state index is 12.3. The summed E-state index contributed by atoms with van der Waals surface area (Å²) in [5, 5.41) is 0.653. The van der Waals surface area contributed by atoms with E-state index in [4.69, 9.17) is 16.3 Å². The second kappa shape index (κ2) is 9.08. The van der Waals surface area contributed by atoms with Crippen LogP contribution < -0.4 is 9.64 Å². The highest BCUT2D eigenvalue weighted by molar-refractivity contribution is 6.30. The number of halogens is 2. The molecule has 126 valence electrons. The number of alkyl halides is 1. The minimum Gasteiger partial charge on any atom is -0.493 e. The molecule has 2 aromatic carbocycles. The quantitative estimate of drug-likeness (QED) is 0.534. The van der Waals surface area contributed by atoms with Crippen molar-refractivity contribution in [2.75, 3.05) is 25.2 Å². The number of hydrogen-bond donors (Lipinski definition) is 0. The van der Waals surface area contributed by atoms with Crippen molar-refractivity contribution in [3.63, 3.8) is 0 Å². The lowest BCUT2D eigenvalue weighted by Crippen LogP contribution is -2.23. The minimum atomic E-state index is -0.409. The Kier molecular flexibility index (Phi) is 6.82. The number of carbonyl (C=O) groups is 1. The molecule has 0 aromatic heterocycles. The first-order chi connectivity index (χ1) is 11.6. The molecule has 0 spiro atoms. The third-order valence-electron chi connectivity index (χ3n) is 3.37. The Labute approximate surface area is 146 Å². The van der Waals surface area contributed by atoms with E-state index in [-0.39, 0.29) is 5.91 Å². The summed E-state index contributed by atoms with van der Waals surface area (Å²) in [6, 6.07) is 14.4. The number of ether oxygens (including phenoxy) is 1. The van der Waals surface area contributed by atoms with Crippen molar-refractivity contribution < 1.29 is 13.9 Å². The summed E-state index contributed by atoms with van der Waals surface area (Å²) in [4.78, 5) is 13.8. The number of nitrogens with zero attached hydrogens (tertiary/aromatic N) is 1. The molecule has 1 amide bonds. The van der Waals surface area contributed by atoms with Gasteiger partial charge in [-0.25, -0.2) is 0 Å². The maximum atomic E-state index is 12.3. The number of anilines is 1. The molecule has 0 heterocycles. The van der Waals surface area contributed by atoms with Gasteiger partial charge in [-0.2, -0.15) is 0 Å². The molecular formula is C19H19ClFNO2. The summed E-state index contributed by atoms with van der Waals surface area (Å²) in [7, 11) is 1.69. The van der Waals surface area contributed by atoms with Crippen LogP contribution in [0, 0.1) is 0 Å². The van der Waals surface area contributed by atoms with E-state index in [1.165, 1.54) is 11.0 Å². The van der Waals surface area contributed by atoms with E-state index in [0.717, 1.165) is 5.56 Å². The molecule has 0 bridgehead atoms. The first kappa shape index (κ1) is 18.0. The number of benzene rings is 2. The highest BCUT2D eigenvalue weighted by atomic mass is 35.5. The van der Waals surface area contributed by atoms with Gasteiger partial charge in [-0.3, -0.25) is 9.18 Å². The van der Waals surface area contributed by atoms with Crippen LogP contribution in [0.5, 0.6) is 5.75 Å². The second-order valence-electron chi connectivity index (χ2n) is 5.17. The van der Waals surface area contributed by atoms with Gasteiger partial charge in [-0.15, -0.1) is 0 Å². The molecule has 0 atom stereocenters. The van der Waals surface area contributed by atoms with Gasteiger partial charge in [0.1, 0.15) is 5.75 Å². The van der Waals surface area contributed by atoms with E-state index < -0.39 is 6.67 Å². The monoisotopic (exact) mass is 346 g/mol. The number of amides is 1. The molecule has 0 aliphatic carbocycles. The van der Waals surface area contributed by atoms with E-state index in [2.05, 4.69) is 0 Å². The summed E-state index contributed by atoms with van der Waals surface area (Å²) < 4.78 is 17.6. The Bertz CT molecular complexity index is 701. The second-order valence-corrected chi connectivity index (χ2v) is 5.61. The van der Waals surface area contributed by atoms with Gasteiger partial charge >= 0.3 is 0 Å². The van der Waals surface area contributed by atoms with E-state index in [1.807, 2.05) is 18.2 Å². The van der Waals surface area contributed by atoms with Crippen LogP contribution in [0.3, 0.4) is 0 Å². The Morgan fingerprint density at radius 1 is 1.25 bits per heavy atom. The number of hydrogen-bond acceptors (Lipinski definition) is 2. The Morgan fingerprint density at radius 2 is 2.00 bits per heavy atom. The number of rotatable bonds is 7. The molecule has 0 radical (unpaired) electrons. The largest absolute Gasteiger partial charge is 0.493 e. The molecule has 2 aromatic rings. The Morgan fingerprint density at radius 3 is 2.71 bits per heavy atom. The maximum Gasteiger partial charge on any atom is 0.250 e. The normalized spacial score (nSPS) is 10.8. The van der Waals surface area contributed by atoms with Crippen molar-refractivity contribution in [2.24, 2.45) is 0 Å². The lowest BCUT2D eigenvalue weighted by molar-refractivity contribution is -0.113. The zero-order valence-corrected chi connectivity index (χ0v) is 14.2. The summed E-state index contributed by atoms with van der Waals surface area (Å²) in [5.41, 5.74) is 1.60. The smallest absolute Gasteiger partial charge is 0.250 e. The highest BCUT2D eigenvalue weighted by Gasteiger charge is 2.08. The molecule has 2 rings (SSSR count). The van der Waals surface area contributed by atoms with Crippen molar-refractivity contribution in [3.8, 4) is 5.75 Å². The molecule has 0 N–H and O–H groups in total. The van der Waals surface area contributed by atoms with Crippen molar-refractivity contribution in [3.05, 3.63) is 65.2 Å². The lowest BCUT2D eigenvalue weighted by atomic mass is 10.2. The van der Waals surface area contributed by atoms with Crippen molar-refractivity contribution in [2.45, 2.75) is 6.42 Å². The van der Waals surface area contributed by atoms with E-state index in [0.29, 0.717) is 29.5 Å². The molecule has 0 aliphatic heterocycles. The zero-order valence-electron chi connectivity index (χ0n) is 13.4. The first-order valence-electron chi connectivity index (χ1n) is 7.60. The summed E-state index contributed by atoms with van der Waals surface area (Å²) in [6.07, 6.45) is 3.58. The van der Waals surface area contributed by atoms with Gasteiger partial charge in [-0.1, -0.05) is 29.8 Å². The van der Waals surface area contributed by atoms with Crippen molar-refractivity contribution >= 4 is 29.3 Å². The number of carbonyl (C=O) groups excluding carboxylic acids is 1. The molecule has 24 heavy (non-hydrogen) atoms. The molecular weight excluding hydrogens is 328 g/mol. The standard InChI is InChI=1S/C19H19ClFNO2/c1-22(17-4-2-5-18(14-17)24-13-3-12-21)19(23)11-8-15-6-9-16(20)10-7-15/h2,4-11,14H,3,12-13H2,1H3/b11-8+/i21-1. The fourth-order valence-electron chi connectivity index (χ4n) is 2.01. The first-order valence-corrected chi connectivity index (χ1v) is 7.98. The average Bonchev–Trinajstić information content (AvgIpc) is 2.61. The van der Waals surface area contributed by atoms with E-state index in [1.54, 1.807) is 43.5 Å². The predicted molar refractivity (Wildman–Crippen MR) is 96.4 cm³/mol. The van der Waals surface area contributed by atoms with Gasteiger partial charge in [0.25, 0.3) is 5.91 Å². The van der Waals surface area contributed by atoms with Crippen LogP contribution in [-0.2, 0) is 4.79 Å².